The topological polar surface area (TPSA) is 61.4 Å². The first-order valence-electron chi connectivity index (χ1n) is 10.5. The number of anilines is 1. The minimum absolute atomic E-state index is 0.0331. The summed E-state index contributed by atoms with van der Waals surface area (Å²) in [5.41, 5.74) is 5.13. The van der Waals surface area contributed by atoms with Gasteiger partial charge in [-0.05, 0) is 69.3 Å². The van der Waals surface area contributed by atoms with Crippen LogP contribution in [-0.4, -0.2) is 42.4 Å². The Hall–Kier alpha value is -2.37. The summed E-state index contributed by atoms with van der Waals surface area (Å²) in [5.74, 6) is -0.346. The van der Waals surface area contributed by atoms with Crippen LogP contribution in [0.5, 0.6) is 0 Å². The highest BCUT2D eigenvalue weighted by Crippen LogP contribution is 2.24. The van der Waals surface area contributed by atoms with Crippen LogP contribution in [0, 0.1) is 20.8 Å². The zero-order valence-corrected chi connectivity index (χ0v) is 18.7. The third-order valence-electron chi connectivity index (χ3n) is 5.65. The number of likely N-dealkylation sites (tertiary alicyclic amines) is 1. The molecule has 6 heteroatoms. The van der Waals surface area contributed by atoms with Crippen molar-refractivity contribution in [1.29, 1.82) is 0 Å². The average Bonchev–Trinajstić information content (AvgIpc) is 3.11. The van der Waals surface area contributed by atoms with Crippen molar-refractivity contribution in [3.8, 4) is 0 Å². The van der Waals surface area contributed by atoms with Crippen LogP contribution < -0.4 is 10.6 Å². The van der Waals surface area contributed by atoms with Crippen LogP contribution in [0.2, 0.25) is 5.02 Å². The second-order valence-corrected chi connectivity index (χ2v) is 8.57. The van der Waals surface area contributed by atoms with Gasteiger partial charge in [0.05, 0.1) is 13.1 Å². The van der Waals surface area contributed by atoms with Crippen molar-refractivity contribution in [1.82, 2.24) is 10.2 Å². The van der Waals surface area contributed by atoms with Gasteiger partial charge in [-0.15, -0.1) is 0 Å². The number of halogens is 1. The molecule has 0 radical (unpaired) electrons. The van der Waals surface area contributed by atoms with Crippen LogP contribution in [0.4, 0.5) is 5.69 Å². The lowest BCUT2D eigenvalue weighted by Gasteiger charge is -2.24. The number of aryl methyl sites for hydroxylation is 3. The number of nitrogens with zero attached hydrogens (tertiary/aromatic N) is 1. The number of rotatable bonds is 7. The largest absolute Gasteiger partial charge is 0.346 e. The highest BCUT2D eigenvalue weighted by Gasteiger charge is 2.27. The molecule has 1 aliphatic heterocycles. The fourth-order valence-corrected chi connectivity index (χ4v) is 4.45. The monoisotopic (exact) mass is 427 g/mol. The predicted molar refractivity (Wildman–Crippen MR) is 122 cm³/mol. The number of hydrogen-bond acceptors (Lipinski definition) is 3. The van der Waals surface area contributed by atoms with E-state index in [0.717, 1.165) is 58.8 Å². The Morgan fingerprint density at radius 2 is 1.80 bits per heavy atom. The Bertz CT molecular complexity index is 905. The molecule has 1 heterocycles. The van der Waals surface area contributed by atoms with E-state index in [-0.39, 0.29) is 18.4 Å². The van der Waals surface area contributed by atoms with Gasteiger partial charge >= 0.3 is 0 Å². The Balaban J connectivity index is 1.49. The maximum atomic E-state index is 12.4. The number of carbonyl (C=O) groups excluding carboxylic acids is 2. The lowest BCUT2D eigenvalue weighted by atomic mass is 10.0. The first-order chi connectivity index (χ1) is 14.3. The summed E-state index contributed by atoms with van der Waals surface area (Å²) in [6, 6.07) is 12.2. The van der Waals surface area contributed by atoms with E-state index >= 15 is 0 Å². The molecule has 1 fully saturated rings. The van der Waals surface area contributed by atoms with Crippen molar-refractivity contribution in [3.63, 3.8) is 0 Å². The molecule has 5 nitrogen and oxygen atoms in total. The van der Waals surface area contributed by atoms with Gasteiger partial charge in [-0.1, -0.05) is 47.5 Å². The maximum absolute atomic E-state index is 12.4. The molecule has 2 aromatic rings. The van der Waals surface area contributed by atoms with E-state index in [4.69, 9.17) is 11.6 Å². The van der Waals surface area contributed by atoms with Crippen molar-refractivity contribution in [2.24, 2.45) is 0 Å². The minimum atomic E-state index is -0.215. The Kier molecular flexibility index (Phi) is 7.51. The predicted octanol–water partition coefficient (Wildman–Crippen LogP) is 4.03. The Labute approximate surface area is 183 Å². The molecule has 0 aliphatic carbocycles. The molecule has 1 unspecified atom stereocenters. The average molecular weight is 428 g/mol. The molecular formula is C24H30ClN3O2. The molecule has 2 amide bonds. The molecule has 0 saturated carbocycles. The second-order valence-electron chi connectivity index (χ2n) is 8.16. The number of hydrogen-bond donors (Lipinski definition) is 2. The standard InChI is InChI=1S/C24H30ClN3O2/c1-16-11-17(2)24(18(3)12-16)27-22(29)14-26-23(30)15-28-10-6-8-20(28)13-19-7-4-5-9-21(19)25/h4-5,7,9,11-12,20H,6,8,10,13-15H2,1-3H3,(H,26,30)(H,27,29). The second kappa shape index (κ2) is 10.1. The molecule has 160 valence electrons. The summed E-state index contributed by atoms with van der Waals surface area (Å²) in [4.78, 5) is 27.0. The third kappa shape index (κ3) is 5.83. The summed E-state index contributed by atoms with van der Waals surface area (Å²) in [6.45, 7) is 7.13. The first-order valence-corrected chi connectivity index (χ1v) is 10.8. The molecule has 1 atom stereocenters. The highest BCUT2D eigenvalue weighted by molar-refractivity contribution is 6.31. The van der Waals surface area contributed by atoms with Gasteiger partial charge in [0.15, 0.2) is 0 Å². The number of carbonyl (C=O) groups is 2. The van der Waals surface area contributed by atoms with E-state index in [1.54, 1.807) is 0 Å². The SMILES string of the molecule is Cc1cc(C)c(NC(=O)CNC(=O)CN2CCCC2Cc2ccccc2Cl)c(C)c1. The zero-order valence-electron chi connectivity index (χ0n) is 17.9. The van der Waals surface area contributed by atoms with Gasteiger partial charge in [-0.3, -0.25) is 14.5 Å². The summed E-state index contributed by atoms with van der Waals surface area (Å²) in [5, 5.41) is 6.45. The van der Waals surface area contributed by atoms with Crippen LogP contribution in [0.3, 0.4) is 0 Å². The number of nitrogens with one attached hydrogen (secondary N) is 2. The normalized spacial score (nSPS) is 16.5. The molecule has 3 rings (SSSR count). The van der Waals surface area contributed by atoms with Gasteiger partial charge in [-0.2, -0.15) is 0 Å². The zero-order chi connectivity index (χ0) is 21.7. The van der Waals surface area contributed by atoms with E-state index < -0.39 is 0 Å². The molecule has 1 saturated heterocycles. The van der Waals surface area contributed by atoms with E-state index in [2.05, 4.69) is 15.5 Å². The Morgan fingerprint density at radius 1 is 1.10 bits per heavy atom. The fraction of sp³-hybridized carbons (Fsp3) is 0.417. The van der Waals surface area contributed by atoms with Gasteiger partial charge in [0.25, 0.3) is 0 Å². The quantitative estimate of drug-likeness (QED) is 0.701. The minimum Gasteiger partial charge on any atom is -0.346 e. The number of benzene rings is 2. The van der Waals surface area contributed by atoms with Crippen molar-refractivity contribution >= 4 is 29.1 Å². The summed E-state index contributed by atoms with van der Waals surface area (Å²) >= 11 is 6.30. The van der Waals surface area contributed by atoms with Gasteiger partial charge < -0.3 is 10.6 Å². The molecule has 0 aromatic heterocycles. The van der Waals surface area contributed by atoms with E-state index in [1.807, 2.05) is 57.2 Å². The van der Waals surface area contributed by atoms with Gasteiger partial charge in [0, 0.05) is 16.8 Å². The molecule has 0 bridgehead atoms. The number of amides is 2. The van der Waals surface area contributed by atoms with E-state index in [0.29, 0.717) is 12.6 Å². The molecule has 1 aliphatic rings. The summed E-state index contributed by atoms with van der Waals surface area (Å²) in [7, 11) is 0. The lowest BCUT2D eigenvalue weighted by Crippen LogP contribution is -2.42. The molecule has 2 aromatic carbocycles. The van der Waals surface area contributed by atoms with Gasteiger partial charge in [-0.25, -0.2) is 0 Å². The molecular weight excluding hydrogens is 398 g/mol. The van der Waals surface area contributed by atoms with Crippen LogP contribution in [0.25, 0.3) is 0 Å². The lowest BCUT2D eigenvalue weighted by molar-refractivity contribution is -0.125. The van der Waals surface area contributed by atoms with Crippen molar-refractivity contribution in [3.05, 3.63) is 63.7 Å². The van der Waals surface area contributed by atoms with Crippen LogP contribution in [-0.2, 0) is 16.0 Å². The van der Waals surface area contributed by atoms with Crippen LogP contribution in [0.1, 0.15) is 35.1 Å². The van der Waals surface area contributed by atoms with E-state index in [9.17, 15) is 9.59 Å². The Morgan fingerprint density at radius 3 is 2.50 bits per heavy atom. The third-order valence-corrected chi connectivity index (χ3v) is 6.02. The molecule has 30 heavy (non-hydrogen) atoms. The van der Waals surface area contributed by atoms with Crippen molar-refractivity contribution in [2.75, 3.05) is 25.0 Å². The summed E-state index contributed by atoms with van der Waals surface area (Å²) in [6.07, 6.45) is 2.94. The summed E-state index contributed by atoms with van der Waals surface area (Å²) < 4.78 is 0. The van der Waals surface area contributed by atoms with Crippen LogP contribution >= 0.6 is 11.6 Å². The van der Waals surface area contributed by atoms with E-state index in [1.165, 1.54) is 0 Å². The van der Waals surface area contributed by atoms with Gasteiger partial charge in [0.2, 0.25) is 11.8 Å². The highest BCUT2D eigenvalue weighted by atomic mass is 35.5. The smallest absolute Gasteiger partial charge is 0.243 e. The molecule has 0 spiro atoms. The van der Waals surface area contributed by atoms with Crippen LogP contribution in [0.15, 0.2) is 36.4 Å². The maximum Gasteiger partial charge on any atom is 0.243 e. The first kappa shape index (κ1) is 22.3. The molecule has 2 N–H and O–H groups in total. The van der Waals surface area contributed by atoms with Crippen molar-refractivity contribution in [2.45, 2.75) is 46.1 Å². The fourth-order valence-electron chi connectivity index (χ4n) is 4.23. The van der Waals surface area contributed by atoms with Gasteiger partial charge in [0.1, 0.15) is 0 Å². The van der Waals surface area contributed by atoms with Crippen molar-refractivity contribution < 1.29 is 9.59 Å².